The standard InChI is InChI=1S/C14H11FN6O/c15-11-3-4-13(21-9-18-19-20-21)12(6-11)14(22)17-8-10-2-1-5-16-7-10/h1-7,9H,8H2,(H,17,22). The summed E-state index contributed by atoms with van der Waals surface area (Å²) in [7, 11) is 0. The molecule has 7 nitrogen and oxygen atoms in total. The highest BCUT2D eigenvalue weighted by Gasteiger charge is 2.14. The van der Waals surface area contributed by atoms with Gasteiger partial charge < -0.3 is 5.32 Å². The molecule has 8 heteroatoms. The second-order valence-corrected chi connectivity index (χ2v) is 4.46. The van der Waals surface area contributed by atoms with Crippen LogP contribution in [0.5, 0.6) is 0 Å². The average molecular weight is 298 g/mol. The van der Waals surface area contributed by atoms with E-state index in [-0.39, 0.29) is 12.1 Å². The Labute approximate surface area is 124 Å². The van der Waals surface area contributed by atoms with E-state index in [2.05, 4.69) is 25.8 Å². The Balaban J connectivity index is 1.84. The van der Waals surface area contributed by atoms with Crippen LogP contribution in [0.25, 0.3) is 5.69 Å². The SMILES string of the molecule is O=C(NCc1cccnc1)c1cc(F)ccc1-n1cnnn1. The summed E-state index contributed by atoms with van der Waals surface area (Å²) in [4.78, 5) is 16.3. The van der Waals surface area contributed by atoms with Crippen molar-refractivity contribution in [2.45, 2.75) is 6.54 Å². The number of rotatable bonds is 4. The molecular formula is C14H11FN6O. The normalized spacial score (nSPS) is 10.4. The molecule has 0 saturated heterocycles. The second-order valence-electron chi connectivity index (χ2n) is 4.46. The molecule has 1 aromatic carbocycles. The lowest BCUT2D eigenvalue weighted by Gasteiger charge is -2.09. The molecule has 0 spiro atoms. The second kappa shape index (κ2) is 6.08. The summed E-state index contributed by atoms with van der Waals surface area (Å²) >= 11 is 0. The molecule has 0 fully saturated rings. The Morgan fingerprint density at radius 1 is 1.32 bits per heavy atom. The van der Waals surface area contributed by atoms with E-state index >= 15 is 0 Å². The minimum atomic E-state index is -0.511. The predicted molar refractivity (Wildman–Crippen MR) is 74.5 cm³/mol. The quantitative estimate of drug-likeness (QED) is 0.780. The molecule has 3 aromatic rings. The number of tetrazole rings is 1. The van der Waals surface area contributed by atoms with Gasteiger partial charge in [-0.2, -0.15) is 4.68 Å². The van der Waals surface area contributed by atoms with E-state index in [9.17, 15) is 9.18 Å². The average Bonchev–Trinajstić information content (AvgIpc) is 3.08. The monoisotopic (exact) mass is 298 g/mol. The lowest BCUT2D eigenvalue weighted by molar-refractivity contribution is 0.0950. The molecule has 0 aliphatic carbocycles. The van der Waals surface area contributed by atoms with Crippen LogP contribution in [-0.2, 0) is 6.54 Å². The molecule has 0 saturated carbocycles. The fourth-order valence-electron chi connectivity index (χ4n) is 1.94. The molecule has 0 radical (unpaired) electrons. The zero-order chi connectivity index (χ0) is 15.4. The Kier molecular flexibility index (Phi) is 3.82. The first-order valence-electron chi connectivity index (χ1n) is 6.44. The molecule has 0 aliphatic rings. The van der Waals surface area contributed by atoms with Crippen LogP contribution in [-0.4, -0.2) is 31.1 Å². The Hall–Kier alpha value is -3.16. The van der Waals surface area contributed by atoms with Gasteiger partial charge in [-0.3, -0.25) is 9.78 Å². The zero-order valence-corrected chi connectivity index (χ0v) is 11.3. The number of benzene rings is 1. The topological polar surface area (TPSA) is 85.6 Å². The van der Waals surface area contributed by atoms with Crippen LogP contribution in [0.4, 0.5) is 4.39 Å². The Morgan fingerprint density at radius 2 is 2.23 bits per heavy atom. The highest BCUT2D eigenvalue weighted by Crippen LogP contribution is 2.15. The number of carbonyl (C=O) groups excluding carboxylic acids is 1. The molecule has 1 amide bonds. The smallest absolute Gasteiger partial charge is 0.253 e. The molecule has 0 unspecified atom stereocenters. The minimum absolute atomic E-state index is 0.149. The molecule has 0 bridgehead atoms. The fourth-order valence-corrected chi connectivity index (χ4v) is 1.94. The maximum absolute atomic E-state index is 13.5. The molecule has 2 heterocycles. The van der Waals surface area contributed by atoms with E-state index in [1.54, 1.807) is 18.5 Å². The van der Waals surface area contributed by atoms with Crippen molar-refractivity contribution in [3.05, 3.63) is 66.0 Å². The van der Waals surface area contributed by atoms with Crippen molar-refractivity contribution in [2.75, 3.05) is 0 Å². The van der Waals surface area contributed by atoms with Crippen LogP contribution < -0.4 is 5.32 Å². The van der Waals surface area contributed by atoms with E-state index in [0.29, 0.717) is 5.69 Å². The van der Waals surface area contributed by atoms with Gasteiger partial charge in [-0.1, -0.05) is 6.07 Å². The van der Waals surface area contributed by atoms with Gasteiger partial charge in [0.2, 0.25) is 0 Å². The van der Waals surface area contributed by atoms with Crippen LogP contribution in [0.2, 0.25) is 0 Å². The van der Waals surface area contributed by atoms with Gasteiger partial charge in [-0.25, -0.2) is 4.39 Å². The summed E-state index contributed by atoms with van der Waals surface area (Å²) in [5.74, 6) is -0.933. The molecule has 0 atom stereocenters. The number of hydrogen-bond acceptors (Lipinski definition) is 5. The number of nitrogens with zero attached hydrogens (tertiary/aromatic N) is 5. The van der Waals surface area contributed by atoms with Crippen LogP contribution in [0.1, 0.15) is 15.9 Å². The lowest BCUT2D eigenvalue weighted by atomic mass is 10.1. The molecule has 110 valence electrons. The number of halogens is 1. The van der Waals surface area contributed by atoms with Crippen molar-refractivity contribution in [2.24, 2.45) is 0 Å². The number of hydrogen-bond donors (Lipinski definition) is 1. The van der Waals surface area contributed by atoms with Crippen molar-refractivity contribution < 1.29 is 9.18 Å². The highest BCUT2D eigenvalue weighted by atomic mass is 19.1. The number of nitrogens with one attached hydrogen (secondary N) is 1. The molecule has 2 aromatic heterocycles. The van der Waals surface area contributed by atoms with Gasteiger partial charge in [0, 0.05) is 18.9 Å². The molecule has 22 heavy (non-hydrogen) atoms. The Morgan fingerprint density at radius 3 is 2.95 bits per heavy atom. The van der Waals surface area contributed by atoms with Gasteiger partial charge in [-0.05, 0) is 40.3 Å². The molecular weight excluding hydrogens is 287 g/mol. The third-order valence-corrected chi connectivity index (χ3v) is 2.97. The minimum Gasteiger partial charge on any atom is -0.348 e. The lowest BCUT2D eigenvalue weighted by Crippen LogP contribution is -2.24. The summed E-state index contributed by atoms with van der Waals surface area (Å²) in [5.41, 5.74) is 1.39. The Bertz CT molecular complexity index is 775. The van der Waals surface area contributed by atoms with Crippen molar-refractivity contribution in [3.8, 4) is 5.69 Å². The van der Waals surface area contributed by atoms with Gasteiger partial charge in [0.1, 0.15) is 12.1 Å². The first-order chi connectivity index (χ1) is 10.7. The summed E-state index contributed by atoms with van der Waals surface area (Å²) in [6.45, 7) is 0.290. The van der Waals surface area contributed by atoms with E-state index in [4.69, 9.17) is 0 Å². The third-order valence-electron chi connectivity index (χ3n) is 2.97. The van der Waals surface area contributed by atoms with Crippen molar-refractivity contribution in [1.82, 2.24) is 30.5 Å². The van der Waals surface area contributed by atoms with E-state index in [1.165, 1.54) is 23.1 Å². The fraction of sp³-hybridized carbons (Fsp3) is 0.0714. The summed E-state index contributed by atoms with van der Waals surface area (Å²) < 4.78 is 14.8. The van der Waals surface area contributed by atoms with Crippen LogP contribution in [0.15, 0.2) is 49.1 Å². The van der Waals surface area contributed by atoms with Crippen molar-refractivity contribution in [1.29, 1.82) is 0 Å². The number of pyridine rings is 1. The number of amides is 1. The van der Waals surface area contributed by atoms with E-state index in [1.807, 2.05) is 6.07 Å². The largest absolute Gasteiger partial charge is 0.348 e. The van der Waals surface area contributed by atoms with Crippen molar-refractivity contribution >= 4 is 5.91 Å². The van der Waals surface area contributed by atoms with E-state index in [0.717, 1.165) is 11.6 Å². The van der Waals surface area contributed by atoms with Crippen LogP contribution >= 0.6 is 0 Å². The first kappa shape index (κ1) is 13.8. The number of aromatic nitrogens is 5. The maximum Gasteiger partial charge on any atom is 0.253 e. The predicted octanol–water partition coefficient (Wildman–Crippen LogP) is 1.13. The molecule has 3 rings (SSSR count). The maximum atomic E-state index is 13.5. The van der Waals surface area contributed by atoms with Gasteiger partial charge in [0.15, 0.2) is 0 Å². The summed E-state index contributed by atoms with van der Waals surface area (Å²) in [6, 6.07) is 7.45. The van der Waals surface area contributed by atoms with Gasteiger partial charge in [0.25, 0.3) is 5.91 Å². The van der Waals surface area contributed by atoms with E-state index < -0.39 is 11.7 Å². The van der Waals surface area contributed by atoms with Gasteiger partial charge in [0.05, 0.1) is 11.3 Å². The van der Waals surface area contributed by atoms with Crippen molar-refractivity contribution in [3.63, 3.8) is 0 Å². The summed E-state index contributed by atoms with van der Waals surface area (Å²) in [5, 5.41) is 13.5. The molecule has 1 N–H and O–H groups in total. The van der Waals surface area contributed by atoms with Gasteiger partial charge >= 0.3 is 0 Å². The number of carbonyl (C=O) groups is 1. The summed E-state index contributed by atoms with van der Waals surface area (Å²) in [6.07, 6.45) is 4.63. The first-order valence-corrected chi connectivity index (χ1v) is 6.44. The highest BCUT2D eigenvalue weighted by molar-refractivity contribution is 5.97. The molecule has 0 aliphatic heterocycles. The van der Waals surface area contributed by atoms with Crippen LogP contribution in [0, 0.1) is 5.82 Å². The van der Waals surface area contributed by atoms with Crippen LogP contribution in [0.3, 0.4) is 0 Å². The van der Waals surface area contributed by atoms with Gasteiger partial charge in [-0.15, -0.1) is 5.10 Å². The third kappa shape index (κ3) is 2.95. The zero-order valence-electron chi connectivity index (χ0n) is 11.3.